The normalized spacial score (nSPS) is 11.9. The fraction of sp³-hybridized carbons (Fsp3) is 0.292. The Hall–Kier alpha value is -3.26. The van der Waals surface area contributed by atoms with Gasteiger partial charge < -0.3 is 9.26 Å². The number of pyridine rings is 2. The molecule has 0 atom stereocenters. The summed E-state index contributed by atoms with van der Waals surface area (Å²) in [5, 5.41) is 1.84. The second-order valence-corrected chi connectivity index (χ2v) is 8.61. The molecule has 0 bridgehead atoms. The fourth-order valence-corrected chi connectivity index (χ4v) is 3.93. The lowest BCUT2D eigenvalue weighted by molar-refractivity contribution is -0.661. The van der Waals surface area contributed by atoms with E-state index in [2.05, 4.69) is 36.7 Å². The summed E-state index contributed by atoms with van der Waals surface area (Å²) in [7, 11) is 1.91. The van der Waals surface area contributed by atoms with E-state index in [1.165, 1.54) is 0 Å². The molecule has 0 unspecified atom stereocenters. The van der Waals surface area contributed by atoms with Crippen LogP contribution in [-0.2, 0) is 12.5 Å². The molecule has 0 fully saturated rings. The first-order valence-corrected chi connectivity index (χ1v) is 9.52. The van der Waals surface area contributed by atoms with E-state index in [-0.39, 0.29) is 11.2 Å². The second-order valence-electron chi connectivity index (χ2n) is 8.61. The average Bonchev–Trinajstić information content (AvgIpc) is 3.01. The molecule has 4 nitrogen and oxygen atoms in total. The van der Waals surface area contributed by atoms with Crippen LogP contribution in [0.2, 0.25) is 0 Å². The number of furan rings is 1. The minimum Gasteiger partial charge on any atom is -0.419 e. The SMILES string of the molecule is [C-]#[N+]c1ccc2c(n1)oc1c(-c3cc(F)c(C)c[n+]3C)c(C)cc(C(C)(C)C)c12. The van der Waals surface area contributed by atoms with Crippen LogP contribution in [0.1, 0.15) is 37.5 Å². The Morgan fingerprint density at radius 1 is 1.14 bits per heavy atom. The van der Waals surface area contributed by atoms with Crippen LogP contribution in [0.4, 0.5) is 10.2 Å². The number of aryl methyl sites for hydroxylation is 3. The average molecular weight is 388 g/mol. The lowest BCUT2D eigenvalue weighted by Gasteiger charge is -2.22. The molecule has 0 aliphatic rings. The van der Waals surface area contributed by atoms with Gasteiger partial charge in [0.25, 0.3) is 5.82 Å². The van der Waals surface area contributed by atoms with Gasteiger partial charge in [-0.05, 0) is 36.5 Å². The molecule has 0 N–H and O–H groups in total. The van der Waals surface area contributed by atoms with Crippen molar-refractivity contribution in [3.63, 3.8) is 0 Å². The molecule has 0 saturated carbocycles. The molecule has 0 aliphatic heterocycles. The van der Waals surface area contributed by atoms with Crippen LogP contribution in [0.15, 0.2) is 34.9 Å². The zero-order valence-corrected chi connectivity index (χ0v) is 17.5. The second kappa shape index (κ2) is 6.38. The zero-order valence-electron chi connectivity index (χ0n) is 17.5. The maximum atomic E-state index is 14.5. The number of benzene rings is 1. The van der Waals surface area contributed by atoms with Gasteiger partial charge in [-0.2, -0.15) is 0 Å². The van der Waals surface area contributed by atoms with Gasteiger partial charge in [0.15, 0.2) is 11.8 Å². The lowest BCUT2D eigenvalue weighted by atomic mass is 9.82. The summed E-state index contributed by atoms with van der Waals surface area (Å²) in [6, 6.07) is 7.32. The molecule has 0 spiro atoms. The Morgan fingerprint density at radius 2 is 1.86 bits per heavy atom. The third kappa shape index (κ3) is 2.96. The Morgan fingerprint density at radius 3 is 2.52 bits per heavy atom. The van der Waals surface area contributed by atoms with Crippen LogP contribution in [-0.4, -0.2) is 4.98 Å². The van der Waals surface area contributed by atoms with Crippen LogP contribution in [0, 0.1) is 26.2 Å². The highest BCUT2D eigenvalue weighted by atomic mass is 19.1. The molecule has 4 aromatic rings. The zero-order chi connectivity index (χ0) is 21.1. The number of halogens is 1. The lowest BCUT2D eigenvalue weighted by Crippen LogP contribution is -2.32. The standard InChI is InChI=1S/C24H23FN3O/c1-13-10-16(24(3,4)5)21-15-8-9-19(26-6)27-23(15)29-22(21)20(13)18-11-17(25)14(2)12-28(18)7/h8-12H,1-5,7H3/q+1. The van der Waals surface area contributed by atoms with Gasteiger partial charge in [0.1, 0.15) is 12.9 Å². The molecular weight excluding hydrogens is 365 g/mol. The van der Waals surface area contributed by atoms with E-state index in [9.17, 15) is 4.39 Å². The predicted molar refractivity (Wildman–Crippen MR) is 113 cm³/mol. The van der Waals surface area contributed by atoms with Crippen molar-refractivity contribution >= 4 is 27.9 Å². The molecule has 4 rings (SSSR count). The minimum absolute atomic E-state index is 0.127. The molecular formula is C24H23FN3O+. The van der Waals surface area contributed by atoms with E-state index in [1.807, 2.05) is 24.6 Å². The first kappa shape index (κ1) is 19.1. The summed E-state index contributed by atoms with van der Waals surface area (Å²) in [5.41, 5.74) is 5.30. The van der Waals surface area contributed by atoms with Crippen molar-refractivity contribution < 1.29 is 13.4 Å². The largest absolute Gasteiger partial charge is 0.419 e. The summed E-state index contributed by atoms with van der Waals surface area (Å²) >= 11 is 0. The van der Waals surface area contributed by atoms with Crippen molar-refractivity contribution in [2.24, 2.45) is 7.05 Å². The van der Waals surface area contributed by atoms with Gasteiger partial charge in [0.05, 0.1) is 10.9 Å². The Balaban J connectivity index is 2.21. The molecule has 146 valence electrons. The quantitative estimate of drug-likeness (QED) is 0.293. The molecule has 29 heavy (non-hydrogen) atoms. The highest BCUT2D eigenvalue weighted by molar-refractivity contribution is 6.11. The highest BCUT2D eigenvalue weighted by Crippen LogP contribution is 2.43. The molecule has 3 aromatic heterocycles. The minimum atomic E-state index is -0.255. The predicted octanol–water partition coefficient (Wildman–Crippen LogP) is 6.08. The highest BCUT2D eigenvalue weighted by Gasteiger charge is 2.29. The number of hydrogen-bond acceptors (Lipinski definition) is 2. The first-order chi connectivity index (χ1) is 13.6. The number of aromatic nitrogens is 2. The van der Waals surface area contributed by atoms with E-state index in [1.54, 1.807) is 25.3 Å². The Bertz CT molecular complexity index is 1340. The van der Waals surface area contributed by atoms with Gasteiger partial charge >= 0.3 is 5.71 Å². The molecule has 3 heterocycles. The Kier molecular flexibility index (Phi) is 4.20. The maximum absolute atomic E-state index is 14.5. The van der Waals surface area contributed by atoms with Crippen LogP contribution in [0.25, 0.3) is 38.2 Å². The van der Waals surface area contributed by atoms with Crippen molar-refractivity contribution in [3.8, 4) is 11.3 Å². The molecule has 0 radical (unpaired) electrons. The molecule has 1 aromatic carbocycles. The van der Waals surface area contributed by atoms with Crippen LogP contribution < -0.4 is 4.57 Å². The smallest absolute Gasteiger partial charge is 0.322 e. The third-order valence-electron chi connectivity index (χ3n) is 5.38. The maximum Gasteiger partial charge on any atom is 0.322 e. The number of nitrogens with zero attached hydrogens (tertiary/aromatic N) is 3. The van der Waals surface area contributed by atoms with E-state index < -0.39 is 0 Å². The number of hydrogen-bond donors (Lipinski definition) is 0. The van der Waals surface area contributed by atoms with E-state index in [4.69, 9.17) is 11.0 Å². The van der Waals surface area contributed by atoms with Gasteiger partial charge in [0, 0.05) is 17.0 Å². The molecule has 5 heteroatoms. The number of fused-ring (bicyclic) bond motifs is 3. The van der Waals surface area contributed by atoms with Crippen molar-refractivity contribution in [2.45, 2.75) is 40.0 Å². The van der Waals surface area contributed by atoms with Gasteiger partial charge in [-0.3, -0.25) is 0 Å². The summed E-state index contributed by atoms with van der Waals surface area (Å²) in [6.45, 7) is 17.5. The number of rotatable bonds is 1. The van der Waals surface area contributed by atoms with Gasteiger partial charge in [-0.1, -0.05) is 44.5 Å². The summed E-state index contributed by atoms with van der Waals surface area (Å²) in [5.74, 6) is 0.0362. The topological polar surface area (TPSA) is 34.3 Å². The van der Waals surface area contributed by atoms with Crippen LogP contribution >= 0.6 is 0 Å². The Labute approximate surface area is 169 Å². The van der Waals surface area contributed by atoms with Gasteiger partial charge in [0.2, 0.25) is 5.69 Å². The van der Waals surface area contributed by atoms with Crippen LogP contribution in [0.5, 0.6) is 0 Å². The fourth-order valence-electron chi connectivity index (χ4n) is 3.93. The first-order valence-electron chi connectivity index (χ1n) is 9.52. The molecule has 0 saturated heterocycles. The molecule has 0 aliphatic carbocycles. The summed E-state index contributed by atoms with van der Waals surface area (Å²) in [6.07, 6.45) is 1.78. The van der Waals surface area contributed by atoms with Crippen molar-refractivity contribution in [1.82, 2.24) is 4.98 Å². The summed E-state index contributed by atoms with van der Waals surface area (Å²) in [4.78, 5) is 7.79. The van der Waals surface area contributed by atoms with Gasteiger partial charge in [-0.15, -0.1) is 0 Å². The van der Waals surface area contributed by atoms with E-state index >= 15 is 0 Å². The van der Waals surface area contributed by atoms with Crippen molar-refractivity contribution in [3.05, 3.63) is 64.4 Å². The van der Waals surface area contributed by atoms with Crippen LogP contribution in [0.3, 0.4) is 0 Å². The third-order valence-corrected chi connectivity index (χ3v) is 5.38. The monoisotopic (exact) mass is 388 g/mol. The molecule has 0 amide bonds. The summed E-state index contributed by atoms with van der Waals surface area (Å²) < 4.78 is 22.6. The van der Waals surface area contributed by atoms with Crippen molar-refractivity contribution in [2.75, 3.05) is 0 Å². The van der Waals surface area contributed by atoms with Crippen molar-refractivity contribution in [1.29, 1.82) is 0 Å². The van der Waals surface area contributed by atoms with Gasteiger partial charge in [-0.25, -0.2) is 8.96 Å². The van der Waals surface area contributed by atoms with E-state index in [0.717, 1.165) is 33.2 Å². The van der Waals surface area contributed by atoms with E-state index in [0.29, 0.717) is 22.7 Å².